The van der Waals surface area contributed by atoms with Crippen LogP contribution in [-0.4, -0.2) is 5.75 Å². The lowest BCUT2D eigenvalue weighted by Gasteiger charge is -2.20. The van der Waals surface area contributed by atoms with E-state index >= 15 is 0 Å². The molecular formula is C12H22S. The maximum absolute atomic E-state index is 4.25. The maximum Gasteiger partial charge on any atom is 0.0110 e. The highest BCUT2D eigenvalue weighted by Gasteiger charge is 2.11. The Hall–Kier alpha value is 0.0900. The fourth-order valence-electron chi connectivity index (χ4n) is 2.11. The van der Waals surface area contributed by atoms with Crippen molar-refractivity contribution in [3.63, 3.8) is 0 Å². The number of thiol groups is 1. The fraction of sp³-hybridized carbons (Fsp3) is 0.833. The van der Waals surface area contributed by atoms with Gasteiger partial charge in [-0.15, -0.1) is 0 Å². The highest BCUT2D eigenvalue weighted by molar-refractivity contribution is 7.80. The summed E-state index contributed by atoms with van der Waals surface area (Å²) in [5.74, 6) is 1.95. The van der Waals surface area contributed by atoms with Crippen LogP contribution in [-0.2, 0) is 0 Å². The van der Waals surface area contributed by atoms with Gasteiger partial charge in [0.15, 0.2) is 0 Å². The molecule has 1 fully saturated rings. The van der Waals surface area contributed by atoms with Gasteiger partial charge in [-0.25, -0.2) is 0 Å². The molecule has 76 valence electrons. The molecular weight excluding hydrogens is 176 g/mol. The van der Waals surface area contributed by atoms with Crippen molar-refractivity contribution in [3.8, 4) is 0 Å². The van der Waals surface area contributed by atoms with Crippen molar-refractivity contribution in [1.82, 2.24) is 0 Å². The van der Waals surface area contributed by atoms with Crippen LogP contribution in [0.1, 0.15) is 51.9 Å². The average molecular weight is 198 g/mol. The molecule has 0 aromatic carbocycles. The van der Waals surface area contributed by atoms with Crippen molar-refractivity contribution in [1.29, 1.82) is 0 Å². The smallest absolute Gasteiger partial charge is 0.0110 e. The lowest BCUT2D eigenvalue weighted by atomic mass is 9.86. The highest BCUT2D eigenvalue weighted by Crippen LogP contribution is 2.27. The Kier molecular flexibility index (Phi) is 5.61. The van der Waals surface area contributed by atoms with Crippen LogP contribution < -0.4 is 0 Å². The second-order valence-corrected chi connectivity index (χ2v) is 4.61. The molecule has 0 nitrogen and oxygen atoms in total. The van der Waals surface area contributed by atoms with E-state index in [4.69, 9.17) is 0 Å². The summed E-state index contributed by atoms with van der Waals surface area (Å²) in [6.45, 7) is 2.17. The van der Waals surface area contributed by atoms with Gasteiger partial charge in [-0.3, -0.25) is 0 Å². The van der Waals surface area contributed by atoms with Crippen LogP contribution in [0, 0.1) is 5.92 Å². The lowest BCUT2D eigenvalue weighted by molar-refractivity contribution is 0.341. The molecule has 0 amide bonds. The fourth-order valence-corrected chi connectivity index (χ4v) is 2.23. The Morgan fingerprint density at radius 3 is 2.62 bits per heavy atom. The summed E-state index contributed by atoms with van der Waals surface area (Å²) in [6.07, 6.45) is 12.4. The van der Waals surface area contributed by atoms with Crippen molar-refractivity contribution in [2.75, 3.05) is 5.75 Å². The average Bonchev–Trinajstić information content (AvgIpc) is 2.19. The molecule has 0 aromatic rings. The van der Waals surface area contributed by atoms with E-state index in [1.165, 1.54) is 50.5 Å². The first kappa shape index (κ1) is 11.2. The predicted molar refractivity (Wildman–Crippen MR) is 63.4 cm³/mol. The number of allylic oxidation sites excluding steroid dienone is 1. The van der Waals surface area contributed by atoms with Crippen molar-refractivity contribution < 1.29 is 0 Å². The van der Waals surface area contributed by atoms with Gasteiger partial charge in [-0.1, -0.05) is 43.8 Å². The minimum absolute atomic E-state index is 0.921. The monoisotopic (exact) mass is 198 g/mol. The summed E-state index contributed by atoms with van der Waals surface area (Å²) in [4.78, 5) is 0. The number of hydrogen-bond donors (Lipinski definition) is 1. The van der Waals surface area contributed by atoms with Crippen LogP contribution in [0.15, 0.2) is 11.6 Å². The van der Waals surface area contributed by atoms with Gasteiger partial charge in [0.2, 0.25) is 0 Å². The zero-order valence-electron chi connectivity index (χ0n) is 8.76. The van der Waals surface area contributed by atoms with E-state index in [1.807, 2.05) is 0 Å². The molecule has 1 rings (SSSR count). The highest BCUT2D eigenvalue weighted by atomic mass is 32.1. The Morgan fingerprint density at radius 2 is 2.00 bits per heavy atom. The van der Waals surface area contributed by atoms with Crippen LogP contribution in [0.3, 0.4) is 0 Å². The van der Waals surface area contributed by atoms with Crippen LogP contribution in [0.2, 0.25) is 0 Å². The third kappa shape index (κ3) is 4.75. The molecule has 0 aliphatic heterocycles. The number of rotatable bonds is 4. The molecule has 0 N–H and O–H groups in total. The first-order valence-electron chi connectivity index (χ1n) is 5.59. The van der Waals surface area contributed by atoms with E-state index in [2.05, 4.69) is 25.6 Å². The molecule has 0 spiro atoms. The molecule has 13 heavy (non-hydrogen) atoms. The summed E-state index contributed by atoms with van der Waals surface area (Å²) in [5.41, 5.74) is 1.43. The molecule has 0 heterocycles. The second-order valence-electron chi connectivity index (χ2n) is 4.29. The summed E-state index contributed by atoms with van der Waals surface area (Å²) >= 11 is 4.25. The molecule has 1 aliphatic carbocycles. The molecule has 1 heteroatoms. The summed E-state index contributed by atoms with van der Waals surface area (Å²) in [7, 11) is 0. The Morgan fingerprint density at radius 1 is 1.31 bits per heavy atom. The van der Waals surface area contributed by atoms with E-state index in [9.17, 15) is 0 Å². The largest absolute Gasteiger partial charge is 0.175 e. The van der Waals surface area contributed by atoms with Crippen molar-refractivity contribution >= 4 is 12.6 Å². The molecule has 0 radical (unpaired) electrons. The lowest BCUT2D eigenvalue weighted by Crippen LogP contribution is -2.05. The molecule has 0 atom stereocenters. The standard InChI is InChI=1S/C12H22S/c1-11(10-13)6-5-9-12-7-3-2-4-8-12/h6,12-13H,2-5,7-10H2,1H3/b11-6+. The quantitative estimate of drug-likeness (QED) is 0.507. The summed E-state index contributed by atoms with van der Waals surface area (Å²) < 4.78 is 0. The van der Waals surface area contributed by atoms with Gasteiger partial charge in [0.05, 0.1) is 0 Å². The van der Waals surface area contributed by atoms with Crippen molar-refractivity contribution in [2.45, 2.75) is 51.9 Å². The molecule has 1 saturated carbocycles. The summed E-state index contributed by atoms with van der Waals surface area (Å²) in [5, 5.41) is 0. The van der Waals surface area contributed by atoms with Gasteiger partial charge in [0, 0.05) is 5.75 Å². The van der Waals surface area contributed by atoms with Gasteiger partial charge in [0.25, 0.3) is 0 Å². The maximum atomic E-state index is 4.25. The van der Waals surface area contributed by atoms with Crippen LogP contribution >= 0.6 is 12.6 Å². The van der Waals surface area contributed by atoms with Gasteiger partial charge in [-0.05, 0) is 25.7 Å². The van der Waals surface area contributed by atoms with Crippen molar-refractivity contribution in [2.24, 2.45) is 5.92 Å². The van der Waals surface area contributed by atoms with E-state index in [0.717, 1.165) is 11.7 Å². The second kappa shape index (κ2) is 6.53. The topological polar surface area (TPSA) is 0 Å². The first-order chi connectivity index (χ1) is 6.33. The van der Waals surface area contributed by atoms with Gasteiger partial charge in [0.1, 0.15) is 0 Å². The van der Waals surface area contributed by atoms with Gasteiger partial charge >= 0.3 is 0 Å². The Bertz CT molecular complexity index is 155. The van der Waals surface area contributed by atoms with E-state index in [0.29, 0.717) is 0 Å². The SMILES string of the molecule is C/C(=C\CCC1CCCCC1)CS. The van der Waals surface area contributed by atoms with Gasteiger partial charge in [-0.2, -0.15) is 12.6 Å². The van der Waals surface area contributed by atoms with E-state index < -0.39 is 0 Å². The van der Waals surface area contributed by atoms with Crippen LogP contribution in [0.4, 0.5) is 0 Å². The predicted octanol–water partition coefficient (Wildman–Crippen LogP) is 4.22. The van der Waals surface area contributed by atoms with Crippen LogP contribution in [0.25, 0.3) is 0 Å². The first-order valence-corrected chi connectivity index (χ1v) is 6.22. The third-order valence-corrected chi connectivity index (χ3v) is 3.54. The third-order valence-electron chi connectivity index (χ3n) is 3.04. The Balaban J connectivity index is 2.10. The van der Waals surface area contributed by atoms with E-state index in [1.54, 1.807) is 0 Å². The van der Waals surface area contributed by atoms with Crippen molar-refractivity contribution in [3.05, 3.63) is 11.6 Å². The molecule has 0 bridgehead atoms. The minimum atomic E-state index is 0.921. The molecule has 0 unspecified atom stereocenters. The summed E-state index contributed by atoms with van der Waals surface area (Å²) in [6, 6.07) is 0. The zero-order valence-corrected chi connectivity index (χ0v) is 9.65. The molecule has 0 aromatic heterocycles. The van der Waals surface area contributed by atoms with Crippen LogP contribution in [0.5, 0.6) is 0 Å². The molecule has 1 aliphatic rings. The minimum Gasteiger partial charge on any atom is -0.175 e. The Labute approximate surface area is 88.2 Å². The van der Waals surface area contributed by atoms with E-state index in [-0.39, 0.29) is 0 Å². The zero-order chi connectivity index (χ0) is 9.52. The van der Waals surface area contributed by atoms with Gasteiger partial charge < -0.3 is 0 Å². The molecule has 0 saturated heterocycles. The number of hydrogen-bond acceptors (Lipinski definition) is 1. The normalized spacial score (nSPS) is 20.6.